The second-order valence-electron chi connectivity index (χ2n) is 6.26. The van der Waals surface area contributed by atoms with Crippen molar-refractivity contribution in [3.05, 3.63) is 57.6 Å². The molecule has 0 unspecified atom stereocenters. The highest BCUT2D eigenvalue weighted by atomic mass is 35.5. The van der Waals surface area contributed by atoms with E-state index in [1.54, 1.807) is 23.1 Å². The van der Waals surface area contributed by atoms with Gasteiger partial charge in [-0.2, -0.15) is 0 Å². The fourth-order valence-corrected chi connectivity index (χ4v) is 3.21. The lowest BCUT2D eigenvalue weighted by atomic mass is 10.1. The maximum Gasteiger partial charge on any atom is 0.229 e. The quantitative estimate of drug-likeness (QED) is 0.850. The molecule has 4 nitrogen and oxygen atoms in total. The number of anilines is 2. The topological polar surface area (TPSA) is 49.4 Å². The summed E-state index contributed by atoms with van der Waals surface area (Å²) in [4.78, 5) is 26.6. The van der Waals surface area contributed by atoms with Gasteiger partial charge in [-0.05, 0) is 49.2 Å². The fraction of sp³-hybridized carbons (Fsp3) is 0.263. The van der Waals surface area contributed by atoms with Crippen LogP contribution < -0.4 is 10.2 Å². The Morgan fingerprint density at radius 1 is 1.16 bits per heavy atom. The maximum absolute atomic E-state index is 12.5. The summed E-state index contributed by atoms with van der Waals surface area (Å²) in [7, 11) is 0. The predicted molar refractivity (Wildman–Crippen MR) is 101 cm³/mol. The third-order valence-corrected chi connectivity index (χ3v) is 5.33. The molecule has 1 atom stereocenters. The third kappa shape index (κ3) is 3.65. The first kappa shape index (κ1) is 17.8. The number of nitrogens with one attached hydrogen (secondary N) is 1. The van der Waals surface area contributed by atoms with Crippen molar-refractivity contribution in [2.24, 2.45) is 5.92 Å². The van der Waals surface area contributed by atoms with Crippen LogP contribution in [0.4, 0.5) is 11.4 Å². The first-order valence-corrected chi connectivity index (χ1v) is 8.75. The molecule has 0 aliphatic carbocycles. The highest BCUT2D eigenvalue weighted by Gasteiger charge is 2.35. The van der Waals surface area contributed by atoms with Crippen molar-refractivity contribution in [2.75, 3.05) is 16.8 Å². The van der Waals surface area contributed by atoms with E-state index in [9.17, 15) is 9.59 Å². The van der Waals surface area contributed by atoms with Crippen molar-refractivity contribution in [2.45, 2.75) is 20.3 Å². The van der Waals surface area contributed by atoms with Crippen LogP contribution in [0.3, 0.4) is 0 Å². The van der Waals surface area contributed by atoms with E-state index in [1.165, 1.54) is 5.56 Å². The number of amides is 2. The molecule has 0 bridgehead atoms. The van der Waals surface area contributed by atoms with E-state index < -0.39 is 5.92 Å². The van der Waals surface area contributed by atoms with Crippen LogP contribution >= 0.6 is 23.2 Å². The molecule has 1 heterocycles. The van der Waals surface area contributed by atoms with E-state index in [-0.39, 0.29) is 18.2 Å². The van der Waals surface area contributed by atoms with E-state index in [4.69, 9.17) is 23.2 Å². The highest BCUT2D eigenvalue weighted by Crippen LogP contribution is 2.31. The normalized spacial score (nSPS) is 17.0. The van der Waals surface area contributed by atoms with Gasteiger partial charge in [-0.25, -0.2) is 0 Å². The van der Waals surface area contributed by atoms with Crippen molar-refractivity contribution < 1.29 is 9.59 Å². The average Bonchev–Trinajstić information content (AvgIpc) is 2.96. The SMILES string of the molecule is Cc1ccc(N2C[C@@H](C(=O)Nc3cccc(Cl)c3Cl)CC2=O)cc1C. The van der Waals surface area contributed by atoms with Gasteiger partial charge in [0.25, 0.3) is 0 Å². The van der Waals surface area contributed by atoms with Gasteiger partial charge in [0.2, 0.25) is 11.8 Å². The third-order valence-electron chi connectivity index (χ3n) is 4.51. The highest BCUT2D eigenvalue weighted by molar-refractivity contribution is 6.44. The lowest BCUT2D eigenvalue weighted by Crippen LogP contribution is -2.28. The maximum atomic E-state index is 12.5. The molecule has 0 spiro atoms. The Hall–Kier alpha value is -2.04. The molecule has 0 aromatic heterocycles. The average molecular weight is 377 g/mol. The Labute approximate surface area is 156 Å². The Morgan fingerprint density at radius 2 is 1.92 bits per heavy atom. The number of nitrogens with zero attached hydrogens (tertiary/aromatic N) is 1. The Kier molecular flexibility index (Phi) is 5.02. The zero-order valence-corrected chi connectivity index (χ0v) is 15.5. The Morgan fingerprint density at radius 3 is 2.64 bits per heavy atom. The Bertz CT molecular complexity index is 851. The molecule has 0 saturated carbocycles. The van der Waals surface area contributed by atoms with Crippen LogP contribution in [0.2, 0.25) is 10.0 Å². The van der Waals surface area contributed by atoms with Gasteiger partial charge < -0.3 is 10.2 Å². The number of hydrogen-bond acceptors (Lipinski definition) is 2. The second kappa shape index (κ2) is 7.06. The molecule has 1 saturated heterocycles. The largest absolute Gasteiger partial charge is 0.324 e. The van der Waals surface area contributed by atoms with Crippen molar-refractivity contribution in [3.8, 4) is 0 Å². The van der Waals surface area contributed by atoms with Crippen LogP contribution in [0.5, 0.6) is 0 Å². The molecule has 2 aromatic carbocycles. The summed E-state index contributed by atoms with van der Waals surface area (Å²) in [6.45, 7) is 4.38. The minimum absolute atomic E-state index is 0.0550. The zero-order valence-electron chi connectivity index (χ0n) is 14.0. The molecule has 25 heavy (non-hydrogen) atoms. The molecule has 2 aromatic rings. The minimum atomic E-state index is -0.427. The van der Waals surface area contributed by atoms with Gasteiger partial charge in [-0.1, -0.05) is 35.3 Å². The van der Waals surface area contributed by atoms with Crippen LogP contribution in [0, 0.1) is 19.8 Å². The smallest absolute Gasteiger partial charge is 0.229 e. The summed E-state index contributed by atoms with van der Waals surface area (Å²) in [5.41, 5.74) is 3.56. The van der Waals surface area contributed by atoms with E-state index >= 15 is 0 Å². The molecule has 0 radical (unpaired) electrons. The van der Waals surface area contributed by atoms with E-state index in [2.05, 4.69) is 5.32 Å². The number of benzene rings is 2. The molecule has 1 N–H and O–H groups in total. The van der Waals surface area contributed by atoms with Gasteiger partial charge in [0.15, 0.2) is 0 Å². The lowest BCUT2D eigenvalue weighted by Gasteiger charge is -2.18. The first-order valence-electron chi connectivity index (χ1n) is 7.99. The lowest BCUT2D eigenvalue weighted by molar-refractivity contribution is -0.122. The van der Waals surface area contributed by atoms with Gasteiger partial charge in [0.1, 0.15) is 0 Å². The monoisotopic (exact) mass is 376 g/mol. The van der Waals surface area contributed by atoms with Gasteiger partial charge in [-0.15, -0.1) is 0 Å². The van der Waals surface area contributed by atoms with Gasteiger partial charge in [-0.3, -0.25) is 9.59 Å². The summed E-state index contributed by atoms with van der Waals surface area (Å²) in [5, 5.41) is 3.44. The van der Waals surface area contributed by atoms with Crippen LogP contribution in [0.15, 0.2) is 36.4 Å². The van der Waals surface area contributed by atoms with E-state index in [1.807, 2.05) is 32.0 Å². The Balaban J connectivity index is 1.74. The van der Waals surface area contributed by atoms with E-state index in [0.717, 1.165) is 11.3 Å². The number of carbonyl (C=O) groups excluding carboxylic acids is 2. The summed E-state index contributed by atoms with van der Waals surface area (Å²) >= 11 is 12.1. The second-order valence-corrected chi connectivity index (χ2v) is 7.05. The molecular formula is C19H18Cl2N2O2. The molecular weight excluding hydrogens is 359 g/mol. The molecule has 2 amide bonds. The van der Waals surface area contributed by atoms with Gasteiger partial charge in [0.05, 0.1) is 21.7 Å². The number of carbonyl (C=O) groups is 2. The number of rotatable bonds is 3. The van der Waals surface area contributed by atoms with E-state index in [0.29, 0.717) is 22.3 Å². The summed E-state index contributed by atoms with van der Waals surface area (Å²) in [5.74, 6) is -0.714. The number of aryl methyl sites for hydroxylation is 2. The van der Waals surface area contributed by atoms with Crippen molar-refractivity contribution in [1.29, 1.82) is 0 Å². The predicted octanol–water partition coefficient (Wildman–Crippen LogP) is 4.60. The van der Waals surface area contributed by atoms with Crippen LogP contribution in [0.1, 0.15) is 17.5 Å². The minimum Gasteiger partial charge on any atom is -0.324 e. The standard InChI is InChI=1S/C19H18Cl2N2O2/c1-11-6-7-14(8-12(11)2)23-10-13(9-17(23)24)19(25)22-16-5-3-4-15(20)18(16)21/h3-8,13H,9-10H2,1-2H3,(H,22,25)/t13-/m0/s1. The molecule has 3 rings (SSSR count). The molecule has 130 valence electrons. The van der Waals surface area contributed by atoms with Crippen molar-refractivity contribution in [1.82, 2.24) is 0 Å². The van der Waals surface area contributed by atoms with Crippen LogP contribution in [-0.2, 0) is 9.59 Å². The van der Waals surface area contributed by atoms with Gasteiger partial charge >= 0.3 is 0 Å². The summed E-state index contributed by atoms with van der Waals surface area (Å²) < 4.78 is 0. The molecule has 1 aliphatic rings. The summed E-state index contributed by atoms with van der Waals surface area (Å²) in [6.07, 6.45) is 0.178. The summed E-state index contributed by atoms with van der Waals surface area (Å²) in [6, 6.07) is 10.9. The number of halogens is 2. The van der Waals surface area contributed by atoms with Crippen molar-refractivity contribution in [3.63, 3.8) is 0 Å². The molecule has 6 heteroatoms. The van der Waals surface area contributed by atoms with Gasteiger partial charge in [0, 0.05) is 18.7 Å². The zero-order chi connectivity index (χ0) is 18.1. The molecule has 1 fully saturated rings. The molecule has 1 aliphatic heterocycles. The number of hydrogen-bond donors (Lipinski definition) is 1. The van der Waals surface area contributed by atoms with Crippen LogP contribution in [0.25, 0.3) is 0 Å². The first-order chi connectivity index (χ1) is 11.9. The van der Waals surface area contributed by atoms with Crippen molar-refractivity contribution >= 4 is 46.4 Å². The fourth-order valence-electron chi connectivity index (χ4n) is 2.86. The van der Waals surface area contributed by atoms with Crippen LogP contribution in [-0.4, -0.2) is 18.4 Å².